The van der Waals surface area contributed by atoms with Gasteiger partial charge in [-0.3, -0.25) is 4.90 Å². The number of likely N-dealkylation sites (tertiary alicyclic amines) is 1. The first-order valence-electron chi connectivity index (χ1n) is 7.47. The third-order valence-electron chi connectivity index (χ3n) is 4.06. The molecule has 0 atom stereocenters. The smallest absolute Gasteiger partial charge is 0.356 e. The molecule has 1 saturated heterocycles. The van der Waals surface area contributed by atoms with Crippen LogP contribution in [0.3, 0.4) is 0 Å². The largest absolute Gasteiger partial charge is 0.401 e. The molecule has 1 aliphatic heterocycles. The van der Waals surface area contributed by atoms with Crippen LogP contribution in [0.2, 0.25) is 0 Å². The first-order valence-corrected chi connectivity index (χ1v) is 7.47. The van der Waals surface area contributed by atoms with Crippen LogP contribution in [-0.2, 0) is 0 Å². The Bertz CT molecular complexity index is 582. The molecule has 120 valence electrons. The number of imidazole rings is 1. The standard InChI is InChI=1S/C15H19F3N4/c16-15(17,18)10-22-7-5-11(6-8-22)9-19-14-20-12-3-1-2-4-13(12)21-14/h1-4,11H,5-10H2,(H2,19,20,21). The molecule has 0 amide bonds. The van der Waals surface area contributed by atoms with Gasteiger partial charge in [-0.1, -0.05) is 12.1 Å². The summed E-state index contributed by atoms with van der Waals surface area (Å²) in [5.41, 5.74) is 1.88. The van der Waals surface area contributed by atoms with Gasteiger partial charge < -0.3 is 10.3 Å². The average molecular weight is 312 g/mol. The fourth-order valence-electron chi connectivity index (χ4n) is 2.88. The molecule has 1 aliphatic rings. The van der Waals surface area contributed by atoms with E-state index in [-0.39, 0.29) is 0 Å². The van der Waals surface area contributed by atoms with E-state index in [1.165, 1.54) is 4.90 Å². The molecule has 2 N–H and O–H groups in total. The van der Waals surface area contributed by atoms with Crippen LogP contribution >= 0.6 is 0 Å². The highest BCUT2D eigenvalue weighted by Crippen LogP contribution is 2.23. The van der Waals surface area contributed by atoms with Crippen LogP contribution in [-0.4, -0.2) is 47.2 Å². The number of H-pyrrole nitrogens is 1. The minimum Gasteiger partial charge on any atom is -0.356 e. The van der Waals surface area contributed by atoms with Crippen LogP contribution < -0.4 is 5.32 Å². The molecule has 7 heteroatoms. The van der Waals surface area contributed by atoms with Crippen LogP contribution in [0.1, 0.15) is 12.8 Å². The summed E-state index contributed by atoms with van der Waals surface area (Å²) in [5.74, 6) is 1.11. The number of alkyl halides is 3. The van der Waals surface area contributed by atoms with Crippen molar-refractivity contribution in [1.82, 2.24) is 14.9 Å². The monoisotopic (exact) mass is 312 g/mol. The molecule has 0 saturated carbocycles. The Kier molecular flexibility index (Phi) is 4.24. The lowest BCUT2D eigenvalue weighted by Gasteiger charge is -2.32. The van der Waals surface area contributed by atoms with Crippen LogP contribution in [0.5, 0.6) is 0 Å². The lowest BCUT2D eigenvalue weighted by Crippen LogP contribution is -2.41. The number of fused-ring (bicyclic) bond motifs is 1. The maximum atomic E-state index is 12.3. The molecular formula is C15H19F3N4. The molecule has 1 aromatic heterocycles. The number of rotatable bonds is 4. The van der Waals surface area contributed by atoms with E-state index in [9.17, 15) is 13.2 Å². The first-order chi connectivity index (χ1) is 10.5. The maximum absolute atomic E-state index is 12.3. The van der Waals surface area contributed by atoms with Gasteiger partial charge in [0.2, 0.25) is 5.95 Å². The van der Waals surface area contributed by atoms with Crippen molar-refractivity contribution >= 4 is 17.0 Å². The van der Waals surface area contributed by atoms with Gasteiger partial charge in [-0.25, -0.2) is 4.98 Å². The van der Waals surface area contributed by atoms with E-state index in [0.29, 0.717) is 19.0 Å². The molecule has 4 nitrogen and oxygen atoms in total. The van der Waals surface area contributed by atoms with E-state index < -0.39 is 12.7 Å². The highest BCUT2D eigenvalue weighted by Gasteiger charge is 2.32. The Morgan fingerprint density at radius 3 is 2.64 bits per heavy atom. The number of aromatic amines is 1. The van der Waals surface area contributed by atoms with Gasteiger partial charge in [0, 0.05) is 6.54 Å². The molecule has 2 aromatic rings. The molecular weight excluding hydrogens is 293 g/mol. The third-order valence-corrected chi connectivity index (χ3v) is 4.06. The second-order valence-electron chi connectivity index (χ2n) is 5.82. The number of benzene rings is 1. The Balaban J connectivity index is 1.47. The Labute approximate surface area is 126 Å². The molecule has 0 aliphatic carbocycles. The number of halogens is 3. The maximum Gasteiger partial charge on any atom is 0.401 e. The summed E-state index contributed by atoms with van der Waals surface area (Å²) in [6.45, 7) is 0.953. The topological polar surface area (TPSA) is 44.0 Å². The molecule has 3 rings (SSSR count). The molecule has 0 radical (unpaired) electrons. The van der Waals surface area contributed by atoms with Crippen molar-refractivity contribution in [1.29, 1.82) is 0 Å². The van der Waals surface area contributed by atoms with Gasteiger partial charge in [0.1, 0.15) is 0 Å². The number of piperidine rings is 1. The zero-order valence-electron chi connectivity index (χ0n) is 12.2. The number of aromatic nitrogens is 2. The van der Waals surface area contributed by atoms with Crippen molar-refractivity contribution < 1.29 is 13.2 Å². The quantitative estimate of drug-likeness (QED) is 0.911. The van der Waals surface area contributed by atoms with Gasteiger partial charge in [-0.05, 0) is 44.0 Å². The summed E-state index contributed by atoms with van der Waals surface area (Å²) in [5, 5.41) is 3.26. The predicted molar refractivity (Wildman–Crippen MR) is 79.8 cm³/mol. The molecule has 2 heterocycles. The zero-order valence-corrected chi connectivity index (χ0v) is 12.2. The summed E-state index contributed by atoms with van der Waals surface area (Å²) in [4.78, 5) is 9.11. The minimum atomic E-state index is -4.10. The Morgan fingerprint density at radius 2 is 1.95 bits per heavy atom. The van der Waals surface area contributed by atoms with E-state index in [1.54, 1.807) is 0 Å². The second kappa shape index (κ2) is 6.16. The lowest BCUT2D eigenvalue weighted by molar-refractivity contribution is -0.148. The second-order valence-corrected chi connectivity index (χ2v) is 5.82. The van der Waals surface area contributed by atoms with E-state index in [0.717, 1.165) is 36.4 Å². The summed E-state index contributed by atoms with van der Waals surface area (Å²) in [6, 6.07) is 7.78. The van der Waals surface area contributed by atoms with Crippen molar-refractivity contribution in [3.05, 3.63) is 24.3 Å². The van der Waals surface area contributed by atoms with Crippen LogP contribution in [0.4, 0.5) is 19.1 Å². The van der Waals surface area contributed by atoms with Crippen LogP contribution in [0.15, 0.2) is 24.3 Å². The number of hydrogen-bond donors (Lipinski definition) is 2. The number of para-hydroxylation sites is 2. The molecule has 0 unspecified atom stereocenters. The number of nitrogens with one attached hydrogen (secondary N) is 2. The van der Waals surface area contributed by atoms with Gasteiger partial charge in [0.05, 0.1) is 17.6 Å². The Hall–Kier alpha value is -1.76. The summed E-state index contributed by atoms with van der Waals surface area (Å²) in [7, 11) is 0. The predicted octanol–water partition coefficient (Wildman–Crippen LogP) is 3.25. The number of hydrogen-bond acceptors (Lipinski definition) is 3. The van der Waals surface area contributed by atoms with E-state index >= 15 is 0 Å². The van der Waals surface area contributed by atoms with Gasteiger partial charge in [-0.15, -0.1) is 0 Å². The van der Waals surface area contributed by atoms with Gasteiger partial charge >= 0.3 is 6.18 Å². The van der Waals surface area contributed by atoms with Gasteiger partial charge in [0.25, 0.3) is 0 Å². The van der Waals surface area contributed by atoms with E-state index in [2.05, 4.69) is 15.3 Å². The minimum absolute atomic E-state index is 0.387. The highest BCUT2D eigenvalue weighted by molar-refractivity contribution is 5.77. The van der Waals surface area contributed by atoms with Crippen LogP contribution in [0, 0.1) is 5.92 Å². The average Bonchev–Trinajstić information content (AvgIpc) is 2.88. The summed E-state index contributed by atoms with van der Waals surface area (Å²) >= 11 is 0. The molecule has 22 heavy (non-hydrogen) atoms. The van der Waals surface area contributed by atoms with Crippen LogP contribution in [0.25, 0.3) is 11.0 Å². The number of nitrogens with zero attached hydrogens (tertiary/aromatic N) is 2. The molecule has 0 bridgehead atoms. The molecule has 1 fully saturated rings. The van der Waals surface area contributed by atoms with Crippen molar-refractivity contribution in [2.75, 3.05) is 31.5 Å². The summed E-state index contributed by atoms with van der Waals surface area (Å²) < 4.78 is 37.0. The van der Waals surface area contributed by atoms with Gasteiger partial charge in [0.15, 0.2) is 0 Å². The Morgan fingerprint density at radius 1 is 1.23 bits per heavy atom. The fraction of sp³-hybridized carbons (Fsp3) is 0.533. The number of anilines is 1. The SMILES string of the molecule is FC(F)(F)CN1CCC(CNc2nc3ccccc3[nH]2)CC1. The molecule has 0 spiro atoms. The zero-order chi connectivity index (χ0) is 15.6. The fourth-order valence-corrected chi connectivity index (χ4v) is 2.88. The van der Waals surface area contributed by atoms with E-state index in [4.69, 9.17) is 0 Å². The lowest BCUT2D eigenvalue weighted by atomic mass is 9.97. The normalized spacial score (nSPS) is 18.0. The molecule has 1 aromatic carbocycles. The van der Waals surface area contributed by atoms with Crippen molar-refractivity contribution in [2.45, 2.75) is 19.0 Å². The summed E-state index contributed by atoms with van der Waals surface area (Å²) in [6.07, 6.45) is -2.54. The third kappa shape index (κ3) is 3.91. The highest BCUT2D eigenvalue weighted by atomic mass is 19.4. The van der Waals surface area contributed by atoms with Crippen molar-refractivity contribution in [3.8, 4) is 0 Å². The van der Waals surface area contributed by atoms with E-state index in [1.807, 2.05) is 24.3 Å². The van der Waals surface area contributed by atoms with Crippen molar-refractivity contribution in [2.24, 2.45) is 5.92 Å². The first kappa shape index (κ1) is 15.1. The van der Waals surface area contributed by atoms with Crippen molar-refractivity contribution in [3.63, 3.8) is 0 Å². The van der Waals surface area contributed by atoms with Gasteiger partial charge in [-0.2, -0.15) is 13.2 Å².